The lowest BCUT2D eigenvalue weighted by molar-refractivity contribution is -0.140. The molecule has 1 aliphatic heterocycles. The zero-order valence-electron chi connectivity index (χ0n) is 20.4. The average Bonchev–Trinajstić information content (AvgIpc) is 3.56. The molecule has 8 heteroatoms. The van der Waals surface area contributed by atoms with Gasteiger partial charge in [-0.15, -0.1) is 0 Å². The van der Waals surface area contributed by atoms with E-state index in [9.17, 15) is 14.7 Å². The SMILES string of the molecule is Cc1noc(-c2ccc(-c3ccc(N4CCC(C(=O)O)C4)cc3)cc2)c1NC(=O)OCc1ccccc1. The highest BCUT2D eigenvalue weighted by molar-refractivity contribution is 5.91. The highest BCUT2D eigenvalue weighted by Crippen LogP contribution is 2.33. The van der Waals surface area contributed by atoms with Gasteiger partial charge in [0.1, 0.15) is 18.0 Å². The molecule has 8 nitrogen and oxygen atoms in total. The molecule has 1 fully saturated rings. The molecule has 1 saturated heterocycles. The quantitative estimate of drug-likeness (QED) is 0.324. The second kappa shape index (κ2) is 10.6. The first-order valence-electron chi connectivity index (χ1n) is 12.1. The first-order chi connectivity index (χ1) is 18.0. The molecule has 37 heavy (non-hydrogen) atoms. The minimum Gasteiger partial charge on any atom is -0.481 e. The molecular formula is C29H27N3O5. The van der Waals surface area contributed by atoms with E-state index in [1.165, 1.54) is 0 Å². The van der Waals surface area contributed by atoms with Crippen molar-refractivity contribution in [2.45, 2.75) is 20.0 Å². The van der Waals surface area contributed by atoms with Gasteiger partial charge in [0.2, 0.25) is 0 Å². The van der Waals surface area contributed by atoms with E-state index in [0.717, 1.165) is 34.5 Å². The number of nitrogens with one attached hydrogen (secondary N) is 1. The Morgan fingerprint density at radius 3 is 2.30 bits per heavy atom. The number of ether oxygens (including phenoxy) is 1. The van der Waals surface area contributed by atoms with Gasteiger partial charge >= 0.3 is 12.1 Å². The Morgan fingerprint density at radius 1 is 1.00 bits per heavy atom. The summed E-state index contributed by atoms with van der Waals surface area (Å²) in [6, 6.07) is 25.4. The highest BCUT2D eigenvalue weighted by atomic mass is 16.5. The van der Waals surface area contributed by atoms with Crippen molar-refractivity contribution < 1.29 is 24.0 Å². The zero-order valence-corrected chi connectivity index (χ0v) is 20.4. The number of carboxylic acids is 1. The van der Waals surface area contributed by atoms with Crippen molar-refractivity contribution in [1.29, 1.82) is 0 Å². The lowest BCUT2D eigenvalue weighted by Gasteiger charge is -2.18. The fraction of sp³-hybridized carbons (Fsp3) is 0.207. The third-order valence-corrected chi connectivity index (χ3v) is 6.55. The minimum absolute atomic E-state index is 0.164. The fourth-order valence-electron chi connectivity index (χ4n) is 4.45. The van der Waals surface area contributed by atoms with Crippen molar-refractivity contribution in [3.8, 4) is 22.5 Å². The number of aliphatic carboxylic acids is 1. The van der Waals surface area contributed by atoms with Crippen molar-refractivity contribution in [2.75, 3.05) is 23.3 Å². The van der Waals surface area contributed by atoms with E-state index in [-0.39, 0.29) is 12.5 Å². The second-order valence-corrected chi connectivity index (χ2v) is 9.05. The molecule has 0 spiro atoms. The smallest absolute Gasteiger partial charge is 0.412 e. The number of carbonyl (C=O) groups is 2. The maximum absolute atomic E-state index is 12.4. The molecule has 4 aromatic rings. The third-order valence-electron chi connectivity index (χ3n) is 6.55. The van der Waals surface area contributed by atoms with Gasteiger partial charge in [-0.25, -0.2) is 4.79 Å². The van der Waals surface area contributed by atoms with Gasteiger partial charge in [-0.1, -0.05) is 71.9 Å². The maximum Gasteiger partial charge on any atom is 0.412 e. The Balaban J connectivity index is 1.25. The van der Waals surface area contributed by atoms with Gasteiger partial charge in [-0.3, -0.25) is 10.1 Å². The summed E-state index contributed by atoms with van der Waals surface area (Å²) in [4.78, 5) is 25.7. The molecule has 0 radical (unpaired) electrons. The largest absolute Gasteiger partial charge is 0.481 e. The summed E-state index contributed by atoms with van der Waals surface area (Å²) in [7, 11) is 0. The summed E-state index contributed by atoms with van der Waals surface area (Å²) in [6.45, 7) is 3.21. The van der Waals surface area contributed by atoms with E-state index in [0.29, 0.717) is 30.1 Å². The monoisotopic (exact) mass is 497 g/mol. The third kappa shape index (κ3) is 5.48. The summed E-state index contributed by atoms with van der Waals surface area (Å²) < 4.78 is 10.9. The van der Waals surface area contributed by atoms with Crippen LogP contribution in [-0.2, 0) is 16.1 Å². The predicted molar refractivity (Wildman–Crippen MR) is 140 cm³/mol. The fourth-order valence-corrected chi connectivity index (χ4v) is 4.45. The molecular weight excluding hydrogens is 470 g/mol. The summed E-state index contributed by atoms with van der Waals surface area (Å²) in [6.07, 6.45) is 0.0853. The molecule has 5 rings (SSSR count). The van der Waals surface area contributed by atoms with Crippen molar-refractivity contribution in [2.24, 2.45) is 5.92 Å². The Kier molecular flexibility index (Phi) is 6.89. The standard InChI is InChI=1S/C29H27N3O5/c1-19-26(30-29(35)36-18-20-5-3-2-4-6-20)27(37-31-19)23-9-7-21(8-10-23)22-11-13-25(14-12-22)32-16-15-24(17-32)28(33)34/h2-14,24H,15-18H2,1H3,(H,30,35)(H,33,34). The molecule has 0 bridgehead atoms. The van der Waals surface area contributed by atoms with Crippen LogP contribution >= 0.6 is 0 Å². The van der Waals surface area contributed by atoms with Gasteiger partial charge in [-0.05, 0) is 42.2 Å². The second-order valence-electron chi connectivity index (χ2n) is 9.05. The number of rotatable bonds is 7. The molecule has 2 heterocycles. The van der Waals surface area contributed by atoms with Crippen LogP contribution in [0.2, 0.25) is 0 Å². The number of carboxylic acid groups (broad SMARTS) is 1. The normalized spacial score (nSPS) is 14.9. The number of benzene rings is 3. The van der Waals surface area contributed by atoms with Crippen LogP contribution < -0.4 is 10.2 Å². The number of nitrogens with zero attached hydrogens (tertiary/aromatic N) is 2. The van der Waals surface area contributed by atoms with Crippen LogP contribution in [0.4, 0.5) is 16.2 Å². The van der Waals surface area contributed by atoms with E-state index in [4.69, 9.17) is 9.26 Å². The van der Waals surface area contributed by atoms with Crippen molar-refractivity contribution in [1.82, 2.24) is 5.16 Å². The van der Waals surface area contributed by atoms with E-state index in [1.807, 2.05) is 78.9 Å². The zero-order chi connectivity index (χ0) is 25.8. The minimum atomic E-state index is -0.733. The van der Waals surface area contributed by atoms with Crippen LogP contribution in [0.5, 0.6) is 0 Å². The number of aryl methyl sites for hydroxylation is 1. The Labute approximate surface area is 214 Å². The molecule has 2 N–H and O–H groups in total. The molecule has 1 atom stereocenters. The van der Waals surface area contributed by atoms with Crippen LogP contribution in [0.1, 0.15) is 17.7 Å². The van der Waals surface area contributed by atoms with Crippen LogP contribution in [0.25, 0.3) is 22.5 Å². The van der Waals surface area contributed by atoms with Gasteiger partial charge in [0.25, 0.3) is 0 Å². The van der Waals surface area contributed by atoms with Crippen LogP contribution in [-0.4, -0.2) is 35.4 Å². The van der Waals surface area contributed by atoms with Gasteiger partial charge in [0.15, 0.2) is 5.76 Å². The van der Waals surface area contributed by atoms with Gasteiger partial charge in [-0.2, -0.15) is 0 Å². The number of aromatic nitrogens is 1. The topological polar surface area (TPSA) is 105 Å². The first kappa shape index (κ1) is 24.1. The van der Waals surface area contributed by atoms with E-state index >= 15 is 0 Å². The Hall–Kier alpha value is -4.59. The first-order valence-corrected chi connectivity index (χ1v) is 12.1. The Bertz CT molecular complexity index is 1380. The summed E-state index contributed by atoms with van der Waals surface area (Å²) >= 11 is 0. The number of anilines is 2. The molecule has 0 saturated carbocycles. The Morgan fingerprint density at radius 2 is 1.65 bits per heavy atom. The van der Waals surface area contributed by atoms with Crippen LogP contribution in [0, 0.1) is 12.8 Å². The van der Waals surface area contributed by atoms with Crippen LogP contribution in [0.3, 0.4) is 0 Å². The van der Waals surface area contributed by atoms with Gasteiger partial charge < -0.3 is 19.3 Å². The molecule has 1 aliphatic rings. The number of amides is 1. The van der Waals surface area contributed by atoms with Crippen molar-refractivity contribution in [3.05, 3.63) is 90.1 Å². The van der Waals surface area contributed by atoms with Gasteiger partial charge in [0, 0.05) is 24.3 Å². The molecule has 0 aliphatic carbocycles. The van der Waals surface area contributed by atoms with E-state index in [2.05, 4.69) is 15.4 Å². The van der Waals surface area contributed by atoms with Gasteiger partial charge in [0.05, 0.1) is 5.92 Å². The maximum atomic E-state index is 12.4. The number of hydrogen-bond acceptors (Lipinski definition) is 6. The highest BCUT2D eigenvalue weighted by Gasteiger charge is 2.28. The van der Waals surface area contributed by atoms with E-state index in [1.54, 1.807) is 6.92 Å². The van der Waals surface area contributed by atoms with Crippen molar-refractivity contribution >= 4 is 23.4 Å². The average molecular weight is 498 g/mol. The van der Waals surface area contributed by atoms with Crippen molar-refractivity contribution in [3.63, 3.8) is 0 Å². The van der Waals surface area contributed by atoms with E-state index < -0.39 is 12.1 Å². The molecule has 188 valence electrons. The molecule has 3 aromatic carbocycles. The summed E-state index contributed by atoms with van der Waals surface area (Å²) in [5.74, 6) is -0.585. The lowest BCUT2D eigenvalue weighted by Crippen LogP contribution is -2.22. The summed E-state index contributed by atoms with van der Waals surface area (Å²) in [5.41, 5.74) is 5.79. The predicted octanol–water partition coefficient (Wildman–Crippen LogP) is 5.98. The lowest BCUT2D eigenvalue weighted by atomic mass is 10.0. The van der Waals surface area contributed by atoms with Crippen LogP contribution in [0.15, 0.2) is 83.4 Å². The molecule has 1 amide bonds. The number of hydrogen-bond donors (Lipinski definition) is 2. The molecule has 1 aromatic heterocycles. The molecule has 1 unspecified atom stereocenters. The summed E-state index contributed by atoms with van der Waals surface area (Å²) in [5, 5.41) is 16.0. The number of carbonyl (C=O) groups excluding carboxylic acids is 1.